The van der Waals surface area contributed by atoms with E-state index in [0.29, 0.717) is 51.4 Å². The van der Waals surface area contributed by atoms with Crippen molar-refractivity contribution in [1.82, 2.24) is 9.80 Å². The van der Waals surface area contributed by atoms with E-state index in [0.717, 1.165) is 0 Å². The molecule has 6 nitrogen and oxygen atoms in total. The van der Waals surface area contributed by atoms with Crippen LogP contribution in [0.2, 0.25) is 0 Å². The second kappa shape index (κ2) is 8.50. The topological polar surface area (TPSA) is 73.6 Å². The minimum atomic E-state index is -0.285. The van der Waals surface area contributed by atoms with E-state index >= 15 is 0 Å². The smallest absolute Gasteiger partial charge is 0.409 e. The molecule has 0 aromatic rings. The van der Waals surface area contributed by atoms with Gasteiger partial charge in [-0.05, 0) is 18.8 Å². The van der Waals surface area contributed by atoms with E-state index in [4.69, 9.17) is 10.00 Å². The van der Waals surface area contributed by atoms with Gasteiger partial charge in [-0.2, -0.15) is 5.26 Å². The van der Waals surface area contributed by atoms with Crippen molar-refractivity contribution in [3.8, 4) is 6.07 Å². The Balaban J connectivity index is 2.36. The molecule has 1 aliphatic heterocycles. The Morgan fingerprint density at radius 2 is 2.00 bits per heavy atom. The molecule has 0 radical (unpaired) electrons. The van der Waals surface area contributed by atoms with Crippen LogP contribution in [0.15, 0.2) is 0 Å². The zero-order chi connectivity index (χ0) is 15.8. The first-order valence-corrected chi connectivity index (χ1v) is 7.49. The largest absolute Gasteiger partial charge is 0.449 e. The van der Waals surface area contributed by atoms with Crippen molar-refractivity contribution in [2.24, 2.45) is 11.8 Å². The normalized spacial score (nSPS) is 15.7. The molecular weight excluding hydrogens is 270 g/mol. The molecule has 1 saturated heterocycles. The average molecular weight is 295 g/mol. The van der Waals surface area contributed by atoms with Gasteiger partial charge in [0, 0.05) is 32.6 Å². The predicted octanol–water partition coefficient (Wildman–Crippen LogP) is 1.86. The van der Waals surface area contributed by atoms with Gasteiger partial charge in [0.15, 0.2) is 0 Å². The summed E-state index contributed by atoms with van der Waals surface area (Å²) in [5.41, 5.74) is 0. The van der Waals surface area contributed by atoms with Gasteiger partial charge in [0.25, 0.3) is 0 Å². The van der Waals surface area contributed by atoms with Gasteiger partial charge in [0.05, 0.1) is 19.1 Å². The molecule has 0 spiro atoms. The van der Waals surface area contributed by atoms with Gasteiger partial charge in [-0.25, -0.2) is 4.79 Å². The summed E-state index contributed by atoms with van der Waals surface area (Å²) in [6.07, 6.45) is 1.38. The first-order chi connectivity index (χ1) is 9.95. The number of rotatable bonds is 5. The van der Waals surface area contributed by atoms with Gasteiger partial charge in [-0.15, -0.1) is 0 Å². The number of carbonyl (C=O) groups is 2. The number of nitriles is 1. The lowest BCUT2D eigenvalue weighted by molar-refractivity contribution is -0.135. The maximum absolute atomic E-state index is 12.2. The highest BCUT2D eigenvalue weighted by Crippen LogP contribution is 2.20. The summed E-state index contributed by atoms with van der Waals surface area (Å²) >= 11 is 0. The predicted molar refractivity (Wildman–Crippen MR) is 78.4 cm³/mol. The van der Waals surface area contributed by atoms with Gasteiger partial charge in [0.1, 0.15) is 0 Å². The summed E-state index contributed by atoms with van der Waals surface area (Å²) in [6, 6.07) is 2.04. The van der Waals surface area contributed by atoms with Crippen LogP contribution in [0.4, 0.5) is 4.79 Å². The number of hydrogen-bond donors (Lipinski definition) is 0. The molecule has 1 fully saturated rings. The first-order valence-electron chi connectivity index (χ1n) is 7.49. The number of amides is 2. The number of nitrogens with zero attached hydrogens (tertiary/aromatic N) is 3. The molecule has 0 saturated carbocycles. The summed E-state index contributed by atoms with van der Waals surface area (Å²) in [7, 11) is 1.73. The summed E-state index contributed by atoms with van der Waals surface area (Å²) in [5.74, 6) is 0.338. The van der Waals surface area contributed by atoms with Crippen LogP contribution in [-0.2, 0) is 9.53 Å². The first kappa shape index (κ1) is 17.3. The summed E-state index contributed by atoms with van der Waals surface area (Å²) in [6.45, 7) is 5.99. The van der Waals surface area contributed by atoms with E-state index in [1.54, 1.807) is 16.8 Å². The molecular formula is C15H25N3O3. The van der Waals surface area contributed by atoms with E-state index in [9.17, 15) is 9.59 Å². The molecule has 0 atom stereocenters. The maximum Gasteiger partial charge on any atom is 0.409 e. The summed E-state index contributed by atoms with van der Waals surface area (Å²) in [4.78, 5) is 27.3. The fourth-order valence-corrected chi connectivity index (χ4v) is 2.28. The molecule has 118 valence electrons. The maximum atomic E-state index is 12.2. The standard InChI is InChI=1S/C15H25N3O3/c1-12(2)11-21-15(20)18-9-5-13(6-10-18)14(19)17(3)8-4-7-16/h12-13H,4-6,8-11H2,1-3H3. The van der Waals surface area contributed by atoms with Crippen LogP contribution < -0.4 is 0 Å². The van der Waals surface area contributed by atoms with E-state index in [1.807, 2.05) is 19.9 Å². The number of piperidine rings is 1. The lowest BCUT2D eigenvalue weighted by Crippen LogP contribution is -2.44. The molecule has 21 heavy (non-hydrogen) atoms. The van der Waals surface area contributed by atoms with E-state index in [2.05, 4.69) is 0 Å². The van der Waals surface area contributed by atoms with Crippen LogP contribution in [0.25, 0.3) is 0 Å². The molecule has 0 aromatic heterocycles. The highest BCUT2D eigenvalue weighted by Gasteiger charge is 2.29. The Hall–Kier alpha value is -1.77. The second-order valence-electron chi connectivity index (χ2n) is 5.90. The Morgan fingerprint density at radius 3 is 2.52 bits per heavy atom. The van der Waals surface area contributed by atoms with E-state index < -0.39 is 0 Å². The Bertz CT molecular complexity index is 395. The molecule has 0 aromatic carbocycles. The fourth-order valence-electron chi connectivity index (χ4n) is 2.28. The SMILES string of the molecule is CC(C)COC(=O)N1CCC(C(=O)N(C)CCC#N)CC1. The van der Waals surface area contributed by atoms with Gasteiger partial charge < -0.3 is 14.5 Å². The minimum Gasteiger partial charge on any atom is -0.449 e. The van der Waals surface area contributed by atoms with Crippen molar-refractivity contribution >= 4 is 12.0 Å². The Labute approximate surface area is 126 Å². The van der Waals surface area contributed by atoms with Crippen LogP contribution >= 0.6 is 0 Å². The van der Waals surface area contributed by atoms with Crippen molar-refractivity contribution < 1.29 is 14.3 Å². The third kappa shape index (κ3) is 5.62. The number of ether oxygens (including phenoxy) is 1. The zero-order valence-corrected chi connectivity index (χ0v) is 13.2. The lowest BCUT2D eigenvalue weighted by Gasteiger charge is -2.32. The van der Waals surface area contributed by atoms with Crippen molar-refractivity contribution in [2.45, 2.75) is 33.1 Å². The molecule has 1 heterocycles. The van der Waals surface area contributed by atoms with Crippen LogP contribution in [0.1, 0.15) is 33.1 Å². The second-order valence-corrected chi connectivity index (χ2v) is 5.90. The summed E-state index contributed by atoms with van der Waals surface area (Å²) < 4.78 is 5.19. The number of hydrogen-bond acceptors (Lipinski definition) is 4. The molecule has 0 bridgehead atoms. The third-order valence-electron chi connectivity index (χ3n) is 3.58. The molecule has 0 unspecified atom stereocenters. The van der Waals surface area contributed by atoms with Gasteiger partial charge >= 0.3 is 6.09 Å². The Kier molecular flexibility index (Phi) is 7.00. The van der Waals surface area contributed by atoms with E-state index in [1.165, 1.54) is 0 Å². The molecule has 6 heteroatoms. The van der Waals surface area contributed by atoms with Gasteiger partial charge in [-0.3, -0.25) is 4.79 Å². The average Bonchev–Trinajstić information content (AvgIpc) is 2.49. The van der Waals surface area contributed by atoms with Crippen molar-refractivity contribution in [1.29, 1.82) is 5.26 Å². The highest BCUT2D eigenvalue weighted by atomic mass is 16.6. The Morgan fingerprint density at radius 1 is 1.38 bits per heavy atom. The molecule has 1 aliphatic rings. The van der Waals surface area contributed by atoms with Crippen molar-refractivity contribution in [3.05, 3.63) is 0 Å². The van der Waals surface area contributed by atoms with Crippen molar-refractivity contribution in [3.63, 3.8) is 0 Å². The highest BCUT2D eigenvalue weighted by molar-refractivity contribution is 5.79. The quantitative estimate of drug-likeness (QED) is 0.776. The van der Waals surface area contributed by atoms with Gasteiger partial charge in [0.2, 0.25) is 5.91 Å². The van der Waals surface area contributed by atoms with E-state index in [-0.39, 0.29) is 17.9 Å². The number of likely N-dealkylation sites (tertiary alicyclic amines) is 1. The van der Waals surface area contributed by atoms with Crippen molar-refractivity contribution in [2.75, 3.05) is 33.3 Å². The van der Waals surface area contributed by atoms with Gasteiger partial charge in [-0.1, -0.05) is 13.8 Å². The molecule has 2 amide bonds. The van der Waals surface area contributed by atoms with Crippen LogP contribution in [0, 0.1) is 23.2 Å². The lowest BCUT2D eigenvalue weighted by atomic mass is 9.95. The zero-order valence-electron chi connectivity index (χ0n) is 13.2. The van der Waals surface area contributed by atoms with Crippen LogP contribution in [-0.4, -0.2) is 55.1 Å². The minimum absolute atomic E-state index is 0.0529. The monoisotopic (exact) mass is 295 g/mol. The molecule has 0 aliphatic carbocycles. The molecule has 0 N–H and O–H groups in total. The van der Waals surface area contributed by atoms with Crippen LogP contribution in [0.5, 0.6) is 0 Å². The molecule has 1 rings (SSSR count). The summed E-state index contributed by atoms with van der Waals surface area (Å²) in [5, 5.41) is 8.55. The fraction of sp³-hybridized carbons (Fsp3) is 0.800. The number of carbonyl (C=O) groups excluding carboxylic acids is 2. The van der Waals surface area contributed by atoms with Crippen LogP contribution in [0.3, 0.4) is 0 Å². The third-order valence-corrected chi connectivity index (χ3v) is 3.58.